The van der Waals surface area contributed by atoms with Crippen molar-refractivity contribution in [2.24, 2.45) is 0 Å². The van der Waals surface area contributed by atoms with Crippen molar-refractivity contribution in [3.63, 3.8) is 0 Å². The molecule has 0 fully saturated rings. The minimum atomic E-state index is 0.170. The first-order chi connectivity index (χ1) is 27.1. The molecule has 0 amide bonds. The molecule has 0 saturated heterocycles. The lowest BCUT2D eigenvalue weighted by atomic mass is 9.88. The predicted octanol–water partition coefficient (Wildman–Crippen LogP) is 14.6. The van der Waals surface area contributed by atoms with Gasteiger partial charge in [-0.05, 0) is 122 Å². The van der Waals surface area contributed by atoms with Gasteiger partial charge in [0.15, 0.2) is 0 Å². The first kappa shape index (κ1) is 30.6. The zero-order chi connectivity index (χ0) is 36.4. The van der Waals surface area contributed by atoms with Crippen molar-refractivity contribution in [1.29, 1.82) is 0 Å². The maximum Gasteiger partial charge on any atom is 0.143 e. The molecule has 1 unspecified atom stereocenters. The van der Waals surface area contributed by atoms with Crippen LogP contribution in [0.5, 0.6) is 5.75 Å². The number of aryl methyl sites for hydroxylation is 1. The molecule has 55 heavy (non-hydrogen) atoms. The fourth-order valence-electron chi connectivity index (χ4n) is 9.42. The SMILES string of the molecule is Cc1cc(-c2ccc3c(c2)CC(C)O3)c2oc3c(-c4ccc5oc6ccccc6c5c4)cc(-c4cccc5ccccc45)c4cccc(c5cccc1c25)c43. The molecule has 0 radical (unpaired) electrons. The number of para-hydroxylation sites is 1. The average molecular weight is 707 g/mol. The third-order valence-corrected chi connectivity index (χ3v) is 11.9. The lowest BCUT2D eigenvalue weighted by Gasteiger charge is -2.15. The van der Waals surface area contributed by atoms with Crippen LogP contribution >= 0.6 is 0 Å². The van der Waals surface area contributed by atoms with E-state index in [0.717, 1.165) is 83.7 Å². The smallest absolute Gasteiger partial charge is 0.143 e. The van der Waals surface area contributed by atoms with Crippen LogP contribution in [0.4, 0.5) is 0 Å². The number of hydrogen-bond acceptors (Lipinski definition) is 3. The highest BCUT2D eigenvalue weighted by atomic mass is 16.5. The molecule has 1 aliphatic rings. The Hall–Kier alpha value is -6.84. The van der Waals surface area contributed by atoms with Gasteiger partial charge in [0.2, 0.25) is 0 Å². The van der Waals surface area contributed by atoms with E-state index in [-0.39, 0.29) is 6.10 Å². The van der Waals surface area contributed by atoms with Crippen LogP contribution in [0.25, 0.3) is 110 Å². The second-order valence-electron chi connectivity index (χ2n) is 15.2. The topological polar surface area (TPSA) is 35.5 Å². The number of furan rings is 1. The number of rotatable bonds is 3. The first-order valence-corrected chi connectivity index (χ1v) is 19.1. The fraction of sp³-hybridized carbons (Fsp3) is 0.0769. The molecule has 0 aliphatic carbocycles. The van der Waals surface area contributed by atoms with Crippen molar-refractivity contribution in [2.45, 2.75) is 26.4 Å². The molecule has 2 aromatic heterocycles. The normalized spacial score (nSPS) is 14.3. The van der Waals surface area contributed by atoms with Crippen LogP contribution < -0.4 is 4.74 Å². The van der Waals surface area contributed by atoms with Crippen LogP contribution in [-0.2, 0) is 6.42 Å². The van der Waals surface area contributed by atoms with E-state index >= 15 is 0 Å². The lowest BCUT2D eigenvalue weighted by Crippen LogP contribution is -2.05. The summed E-state index contributed by atoms with van der Waals surface area (Å²) in [6, 6.07) is 54.9. The molecular formula is C52H34O3. The first-order valence-electron chi connectivity index (χ1n) is 19.1. The van der Waals surface area contributed by atoms with E-state index < -0.39 is 0 Å². The molecule has 0 spiro atoms. The molecule has 0 N–H and O–H groups in total. The van der Waals surface area contributed by atoms with E-state index in [1.54, 1.807) is 0 Å². The Labute approximate surface area is 317 Å². The Morgan fingerprint density at radius 2 is 1.09 bits per heavy atom. The summed E-state index contributed by atoms with van der Waals surface area (Å²) >= 11 is 0. The Morgan fingerprint density at radius 3 is 1.96 bits per heavy atom. The van der Waals surface area contributed by atoms with Gasteiger partial charge in [0.25, 0.3) is 0 Å². The summed E-state index contributed by atoms with van der Waals surface area (Å²) in [5.41, 5.74) is 12.7. The lowest BCUT2D eigenvalue weighted by molar-refractivity contribution is 0.254. The van der Waals surface area contributed by atoms with Gasteiger partial charge in [0.05, 0.1) is 0 Å². The van der Waals surface area contributed by atoms with Gasteiger partial charge in [-0.25, -0.2) is 0 Å². The van der Waals surface area contributed by atoms with Gasteiger partial charge in [-0.1, -0.05) is 109 Å². The number of fused-ring (bicyclic) bond motifs is 6. The van der Waals surface area contributed by atoms with Crippen LogP contribution in [0.1, 0.15) is 18.1 Å². The van der Waals surface area contributed by atoms with Crippen LogP contribution in [0.3, 0.4) is 0 Å². The minimum absolute atomic E-state index is 0.170. The molecule has 1 atom stereocenters. The maximum absolute atomic E-state index is 7.62. The zero-order valence-corrected chi connectivity index (χ0v) is 30.4. The van der Waals surface area contributed by atoms with Gasteiger partial charge in [0, 0.05) is 39.1 Å². The molecule has 12 rings (SSSR count). The summed E-state index contributed by atoms with van der Waals surface area (Å²) < 4.78 is 20.1. The molecule has 0 bridgehead atoms. The predicted molar refractivity (Wildman–Crippen MR) is 228 cm³/mol. The van der Waals surface area contributed by atoms with Gasteiger partial charge in [-0.2, -0.15) is 0 Å². The highest BCUT2D eigenvalue weighted by Gasteiger charge is 2.24. The molecule has 9 aromatic carbocycles. The highest BCUT2D eigenvalue weighted by molar-refractivity contribution is 6.29. The molecule has 3 heterocycles. The highest BCUT2D eigenvalue weighted by Crippen LogP contribution is 2.48. The van der Waals surface area contributed by atoms with E-state index in [1.807, 2.05) is 12.1 Å². The van der Waals surface area contributed by atoms with E-state index in [2.05, 4.69) is 153 Å². The van der Waals surface area contributed by atoms with E-state index in [1.165, 1.54) is 49.2 Å². The van der Waals surface area contributed by atoms with Crippen LogP contribution in [0, 0.1) is 6.92 Å². The van der Waals surface area contributed by atoms with Gasteiger partial charge >= 0.3 is 0 Å². The number of benzene rings is 9. The third-order valence-electron chi connectivity index (χ3n) is 11.9. The second kappa shape index (κ2) is 11.3. The van der Waals surface area contributed by atoms with Crippen molar-refractivity contribution >= 4 is 76.2 Å². The minimum Gasteiger partial charge on any atom is -0.490 e. The van der Waals surface area contributed by atoms with E-state index in [9.17, 15) is 0 Å². The van der Waals surface area contributed by atoms with Crippen LogP contribution in [-0.4, -0.2) is 6.10 Å². The van der Waals surface area contributed by atoms with E-state index in [4.69, 9.17) is 13.6 Å². The van der Waals surface area contributed by atoms with Gasteiger partial charge < -0.3 is 13.6 Å². The summed E-state index contributed by atoms with van der Waals surface area (Å²) in [7, 11) is 0. The summed E-state index contributed by atoms with van der Waals surface area (Å²) in [4.78, 5) is 0. The van der Waals surface area contributed by atoms with Crippen molar-refractivity contribution in [2.75, 3.05) is 0 Å². The molecule has 3 heteroatoms. The molecule has 1 aliphatic heterocycles. The second-order valence-corrected chi connectivity index (χ2v) is 15.2. The van der Waals surface area contributed by atoms with Crippen molar-refractivity contribution in [3.8, 4) is 39.1 Å². The largest absolute Gasteiger partial charge is 0.490 e. The Morgan fingerprint density at radius 1 is 0.455 bits per heavy atom. The Bertz CT molecular complexity index is 3410. The standard InChI is InChI=1S/C52H34O3/c1-29-24-42(32-20-22-46-34(26-32)25-30(2)53-46)51-49-35(29)14-8-16-39(49)40-17-9-18-41-44(37-15-7-11-31-10-3-4-12-36(31)37)28-43(52(55-51)50(40)41)33-21-23-48-45(27-33)38-13-5-6-19-47(38)54-48/h3-24,26-28,30H,25H2,1-2H3. The van der Waals surface area contributed by atoms with E-state index in [0.29, 0.717) is 0 Å². The summed E-state index contributed by atoms with van der Waals surface area (Å²) in [5.74, 6) is 0.976. The monoisotopic (exact) mass is 706 g/mol. The van der Waals surface area contributed by atoms with Crippen LogP contribution in [0.2, 0.25) is 0 Å². The quantitative estimate of drug-likeness (QED) is 0.183. The number of hydrogen-bond donors (Lipinski definition) is 0. The van der Waals surface area contributed by atoms with Crippen LogP contribution in [0.15, 0.2) is 160 Å². The van der Waals surface area contributed by atoms with Crippen molar-refractivity contribution in [1.82, 2.24) is 0 Å². The molecule has 11 aromatic rings. The maximum atomic E-state index is 7.62. The van der Waals surface area contributed by atoms with Gasteiger partial charge in [-0.3, -0.25) is 0 Å². The Kier molecular flexibility index (Phi) is 6.31. The summed E-state index contributed by atoms with van der Waals surface area (Å²) in [5, 5.41) is 11.6. The summed E-state index contributed by atoms with van der Waals surface area (Å²) in [6.45, 7) is 4.36. The third kappa shape index (κ3) is 4.44. The fourth-order valence-corrected chi connectivity index (χ4v) is 9.42. The number of ether oxygens (including phenoxy) is 1. The average Bonchev–Trinajstić information content (AvgIpc) is 3.75. The molecule has 260 valence electrons. The van der Waals surface area contributed by atoms with Gasteiger partial charge in [-0.15, -0.1) is 0 Å². The van der Waals surface area contributed by atoms with Crippen molar-refractivity contribution < 1.29 is 13.6 Å². The molecule has 3 nitrogen and oxygen atoms in total. The molecular weight excluding hydrogens is 673 g/mol. The molecule has 0 saturated carbocycles. The summed E-state index contributed by atoms with van der Waals surface area (Å²) in [6.07, 6.45) is 1.07. The Balaban J connectivity index is 1.28. The zero-order valence-electron chi connectivity index (χ0n) is 30.4. The van der Waals surface area contributed by atoms with Crippen molar-refractivity contribution in [3.05, 3.63) is 163 Å². The van der Waals surface area contributed by atoms with Gasteiger partial charge in [0.1, 0.15) is 34.2 Å².